The van der Waals surface area contributed by atoms with Crippen LogP contribution >= 0.6 is 66.8 Å². The number of nitrogens with zero attached hydrogens (tertiary/aromatic N) is 4. The van der Waals surface area contributed by atoms with Gasteiger partial charge in [0.05, 0.1) is 37.7 Å². The molecule has 63 heavy (non-hydrogen) atoms. The van der Waals surface area contributed by atoms with Crippen LogP contribution in [0.25, 0.3) is 0 Å². The standard InChI is InChI=1S/C25H21BrClN3O3.C21H21BrClN3O3S/c1-2-33-23(31)25(18-6-4-3-5-7-18)16-30(24(32)28-21-14-10-19(26)11-15-21)29-22(25)17-8-12-20(27)13-9-17;1-3-29-19(27)21(13-30-2)12-26(20(28)24-17-10-6-15(22)7-11-17)25-18(21)14-4-8-16(23)9-5-14/h3-15H,2,16H2,1H3,(H,28,32);4-11H,3,12-13H2,1-2H3,(H,24,28). The average Bonchev–Trinajstić information content (AvgIpc) is 3.89. The van der Waals surface area contributed by atoms with Gasteiger partial charge >= 0.3 is 24.0 Å². The van der Waals surface area contributed by atoms with Gasteiger partial charge in [-0.1, -0.05) is 110 Å². The first kappa shape index (κ1) is 47.3. The Bertz CT molecular complexity index is 2480. The van der Waals surface area contributed by atoms with E-state index >= 15 is 0 Å². The molecule has 0 aliphatic carbocycles. The van der Waals surface area contributed by atoms with E-state index in [0.29, 0.717) is 49.7 Å². The monoisotopic (exact) mass is 1030 g/mol. The summed E-state index contributed by atoms with van der Waals surface area (Å²) in [5, 5.41) is 18.5. The van der Waals surface area contributed by atoms with Crippen molar-refractivity contribution in [1.29, 1.82) is 0 Å². The number of nitrogens with one attached hydrogen (secondary N) is 2. The third kappa shape index (κ3) is 11.0. The van der Waals surface area contributed by atoms with Gasteiger partial charge in [0.2, 0.25) is 0 Å². The molecule has 2 heterocycles. The number of halogens is 4. The largest absolute Gasteiger partial charge is 0.465 e. The van der Waals surface area contributed by atoms with E-state index in [9.17, 15) is 19.2 Å². The summed E-state index contributed by atoms with van der Waals surface area (Å²) >= 11 is 20.4. The van der Waals surface area contributed by atoms with E-state index in [0.717, 1.165) is 14.5 Å². The van der Waals surface area contributed by atoms with Crippen molar-refractivity contribution >= 4 is 114 Å². The zero-order chi connectivity index (χ0) is 45.1. The lowest BCUT2D eigenvalue weighted by Gasteiger charge is -2.29. The summed E-state index contributed by atoms with van der Waals surface area (Å²) in [4.78, 5) is 52.6. The molecule has 2 N–H and O–H groups in total. The molecule has 0 saturated heterocycles. The molecule has 2 aliphatic heterocycles. The minimum atomic E-state index is -1.29. The molecule has 0 spiro atoms. The fraction of sp³-hybridized carbons (Fsp3) is 0.217. The number of rotatable bonds is 11. The number of ether oxygens (including phenoxy) is 2. The Balaban J connectivity index is 0.000000211. The van der Waals surface area contributed by atoms with Gasteiger partial charge < -0.3 is 20.1 Å². The Labute approximate surface area is 396 Å². The van der Waals surface area contributed by atoms with Crippen molar-refractivity contribution < 1.29 is 28.7 Å². The van der Waals surface area contributed by atoms with Crippen molar-refractivity contribution in [3.63, 3.8) is 0 Å². The molecular formula is C46H42Br2Cl2N6O6S. The maximum absolute atomic E-state index is 13.5. The second kappa shape index (κ2) is 21.5. The van der Waals surface area contributed by atoms with Crippen molar-refractivity contribution in [3.8, 4) is 0 Å². The number of urea groups is 2. The highest BCUT2D eigenvalue weighted by atomic mass is 79.9. The van der Waals surface area contributed by atoms with Crippen LogP contribution in [0, 0.1) is 5.41 Å². The smallest absolute Gasteiger partial charge is 0.342 e. The van der Waals surface area contributed by atoms with E-state index in [1.54, 1.807) is 86.6 Å². The number of carbonyl (C=O) groups is 4. The third-order valence-electron chi connectivity index (χ3n) is 9.95. The fourth-order valence-corrected chi connectivity index (χ4v) is 8.61. The van der Waals surface area contributed by atoms with Gasteiger partial charge in [-0.05, 0) is 110 Å². The predicted octanol–water partition coefficient (Wildman–Crippen LogP) is 11.1. The van der Waals surface area contributed by atoms with Gasteiger partial charge in [-0.3, -0.25) is 9.59 Å². The number of anilines is 2. The molecule has 2 aliphatic rings. The Kier molecular flexibility index (Phi) is 16.1. The van der Waals surface area contributed by atoms with Gasteiger partial charge in [-0.15, -0.1) is 0 Å². The average molecular weight is 1040 g/mol. The van der Waals surface area contributed by atoms with Gasteiger partial charge in [0.1, 0.15) is 5.41 Å². The van der Waals surface area contributed by atoms with Crippen LogP contribution in [0.2, 0.25) is 10.0 Å². The normalized spacial score (nSPS) is 17.8. The summed E-state index contributed by atoms with van der Waals surface area (Å²) in [6, 6.07) is 36.9. The number of esters is 2. The lowest BCUT2D eigenvalue weighted by atomic mass is 9.74. The lowest BCUT2D eigenvalue weighted by Crippen LogP contribution is -2.48. The number of amides is 4. The first-order chi connectivity index (χ1) is 30.3. The number of hydrogen-bond donors (Lipinski definition) is 2. The summed E-state index contributed by atoms with van der Waals surface area (Å²) in [7, 11) is 0. The van der Waals surface area contributed by atoms with Gasteiger partial charge in [0.25, 0.3) is 0 Å². The van der Waals surface area contributed by atoms with Gasteiger partial charge in [-0.25, -0.2) is 19.6 Å². The minimum Gasteiger partial charge on any atom is -0.465 e. The first-order valence-corrected chi connectivity index (χ1v) is 23.3. The summed E-state index contributed by atoms with van der Waals surface area (Å²) < 4.78 is 12.7. The summed E-state index contributed by atoms with van der Waals surface area (Å²) in [6.07, 6.45) is 1.91. The molecule has 2 unspecified atom stereocenters. The molecule has 0 saturated carbocycles. The fourth-order valence-electron chi connectivity index (χ4n) is 6.99. The molecule has 0 fully saturated rings. The topological polar surface area (TPSA) is 142 Å². The molecule has 4 amide bonds. The van der Waals surface area contributed by atoms with Crippen LogP contribution in [0.15, 0.2) is 147 Å². The van der Waals surface area contributed by atoms with Crippen molar-refractivity contribution in [1.82, 2.24) is 10.0 Å². The van der Waals surface area contributed by atoms with E-state index in [2.05, 4.69) is 52.7 Å². The molecule has 7 rings (SSSR count). The van der Waals surface area contributed by atoms with Gasteiger partial charge in [0, 0.05) is 36.1 Å². The van der Waals surface area contributed by atoms with Crippen molar-refractivity contribution in [2.24, 2.45) is 15.6 Å². The molecule has 0 radical (unpaired) electrons. The molecule has 0 bridgehead atoms. The molecule has 12 nitrogen and oxygen atoms in total. The Hall–Kier alpha value is -5.19. The van der Waals surface area contributed by atoms with Crippen molar-refractivity contribution in [2.75, 3.05) is 48.9 Å². The van der Waals surface area contributed by atoms with E-state index in [1.165, 1.54) is 21.8 Å². The van der Waals surface area contributed by atoms with Crippen LogP contribution in [0.4, 0.5) is 21.0 Å². The van der Waals surface area contributed by atoms with Crippen LogP contribution in [0.5, 0.6) is 0 Å². The quantitative estimate of drug-likeness (QED) is 0.125. The third-order valence-corrected chi connectivity index (χ3v) is 12.3. The number of carbonyl (C=O) groups excluding carboxylic acids is 4. The summed E-state index contributed by atoms with van der Waals surface area (Å²) in [5.74, 6) is -0.439. The van der Waals surface area contributed by atoms with E-state index in [1.807, 2.05) is 60.9 Å². The van der Waals surface area contributed by atoms with E-state index in [4.69, 9.17) is 32.7 Å². The second-order valence-corrected chi connectivity index (χ2v) is 17.7. The zero-order valence-electron chi connectivity index (χ0n) is 34.3. The highest BCUT2D eigenvalue weighted by Gasteiger charge is 2.54. The minimum absolute atomic E-state index is 0.00380. The summed E-state index contributed by atoms with van der Waals surface area (Å²) in [5.41, 5.74) is 1.90. The van der Waals surface area contributed by atoms with Crippen molar-refractivity contribution in [3.05, 3.63) is 163 Å². The Morgan fingerprint density at radius 1 is 0.635 bits per heavy atom. The van der Waals surface area contributed by atoms with Crippen molar-refractivity contribution in [2.45, 2.75) is 19.3 Å². The Morgan fingerprint density at radius 3 is 1.56 bits per heavy atom. The van der Waals surface area contributed by atoms with Gasteiger partial charge in [-0.2, -0.15) is 22.0 Å². The van der Waals surface area contributed by atoms with Crippen LogP contribution in [0.3, 0.4) is 0 Å². The SMILES string of the molecule is CCOC(=O)C1(CSC)CN(C(=O)Nc2ccc(Br)cc2)N=C1c1ccc(Cl)cc1.CCOC(=O)C1(c2ccccc2)CN(C(=O)Nc2ccc(Br)cc2)N=C1c1ccc(Cl)cc1. The molecular weight excluding hydrogens is 995 g/mol. The maximum Gasteiger partial charge on any atom is 0.342 e. The highest BCUT2D eigenvalue weighted by molar-refractivity contribution is 9.10. The molecule has 326 valence electrons. The van der Waals surface area contributed by atoms with E-state index in [-0.39, 0.29) is 26.3 Å². The number of hydrazone groups is 2. The van der Waals surface area contributed by atoms with Crippen LogP contribution in [-0.4, -0.2) is 83.8 Å². The van der Waals surface area contributed by atoms with Crippen LogP contribution in [-0.2, 0) is 24.5 Å². The maximum atomic E-state index is 13.5. The zero-order valence-corrected chi connectivity index (χ0v) is 39.8. The number of benzene rings is 5. The molecule has 5 aromatic carbocycles. The highest BCUT2D eigenvalue weighted by Crippen LogP contribution is 2.39. The van der Waals surface area contributed by atoms with Gasteiger partial charge in [0.15, 0.2) is 5.41 Å². The molecule has 5 aromatic rings. The second-order valence-electron chi connectivity index (χ2n) is 14.1. The van der Waals surface area contributed by atoms with Crippen LogP contribution < -0.4 is 10.6 Å². The molecule has 2 atom stereocenters. The van der Waals surface area contributed by atoms with E-state index < -0.39 is 34.8 Å². The molecule has 17 heteroatoms. The first-order valence-electron chi connectivity index (χ1n) is 19.6. The number of hydrogen-bond acceptors (Lipinski definition) is 9. The number of thioether (sulfide) groups is 1. The lowest BCUT2D eigenvalue weighted by molar-refractivity contribution is -0.150. The molecule has 0 aromatic heterocycles. The Morgan fingerprint density at radius 2 is 1.08 bits per heavy atom. The summed E-state index contributed by atoms with van der Waals surface area (Å²) in [6.45, 7) is 4.04. The van der Waals surface area contributed by atoms with Crippen LogP contribution in [0.1, 0.15) is 30.5 Å². The predicted molar refractivity (Wildman–Crippen MR) is 258 cm³/mol.